The highest BCUT2D eigenvalue weighted by molar-refractivity contribution is 5.54. The highest BCUT2D eigenvalue weighted by atomic mass is 16.5. The molecule has 0 aliphatic heterocycles. The van der Waals surface area contributed by atoms with Crippen LogP contribution in [0.25, 0.3) is 0 Å². The molecule has 88 valence electrons. The minimum Gasteiger partial charge on any atom is -0.497 e. The Balaban J connectivity index is 1.95. The van der Waals surface area contributed by atoms with Gasteiger partial charge in [-0.05, 0) is 43.5 Å². The second kappa shape index (κ2) is 4.74. The Labute approximate surface area is 96.8 Å². The van der Waals surface area contributed by atoms with E-state index in [0.717, 1.165) is 18.6 Å². The first kappa shape index (κ1) is 11.3. The second-order valence-corrected chi connectivity index (χ2v) is 4.35. The molecule has 0 amide bonds. The lowest BCUT2D eigenvalue weighted by Gasteiger charge is -2.35. The summed E-state index contributed by atoms with van der Waals surface area (Å²) in [4.78, 5) is 0. The molecule has 2 rings (SSSR count). The number of hydrogen-bond acceptors (Lipinski definition) is 3. The Kier molecular flexibility index (Phi) is 3.34. The first-order valence-electron chi connectivity index (χ1n) is 5.67. The van der Waals surface area contributed by atoms with Crippen molar-refractivity contribution in [2.75, 3.05) is 19.5 Å². The number of aryl methyl sites for hydroxylation is 1. The van der Waals surface area contributed by atoms with Gasteiger partial charge in [0.2, 0.25) is 0 Å². The van der Waals surface area contributed by atoms with E-state index in [1.807, 2.05) is 6.07 Å². The zero-order valence-corrected chi connectivity index (χ0v) is 10.1. The Morgan fingerprint density at radius 3 is 2.56 bits per heavy atom. The molecule has 0 heterocycles. The zero-order chi connectivity index (χ0) is 11.5. The summed E-state index contributed by atoms with van der Waals surface area (Å²) in [5.74, 6) is 0.909. The van der Waals surface area contributed by atoms with E-state index in [1.165, 1.54) is 11.3 Å². The number of anilines is 1. The lowest BCUT2D eigenvalue weighted by atomic mass is 9.89. The summed E-state index contributed by atoms with van der Waals surface area (Å²) in [5, 5.41) is 3.53. The molecule has 16 heavy (non-hydrogen) atoms. The van der Waals surface area contributed by atoms with Crippen molar-refractivity contribution in [2.24, 2.45) is 0 Å². The predicted octanol–water partition coefficient (Wildman–Crippen LogP) is 2.59. The molecule has 1 aliphatic rings. The van der Waals surface area contributed by atoms with Crippen LogP contribution in [0.2, 0.25) is 0 Å². The van der Waals surface area contributed by atoms with Crippen LogP contribution < -0.4 is 10.1 Å². The van der Waals surface area contributed by atoms with E-state index >= 15 is 0 Å². The number of ether oxygens (including phenoxy) is 2. The summed E-state index contributed by atoms with van der Waals surface area (Å²) in [5.41, 5.74) is 2.42. The normalized spacial score (nSPS) is 23.7. The van der Waals surface area contributed by atoms with E-state index < -0.39 is 0 Å². The van der Waals surface area contributed by atoms with Gasteiger partial charge in [0.25, 0.3) is 0 Å². The molecule has 3 heteroatoms. The van der Waals surface area contributed by atoms with Crippen molar-refractivity contribution < 1.29 is 9.47 Å². The lowest BCUT2D eigenvalue weighted by Crippen LogP contribution is -2.40. The fourth-order valence-electron chi connectivity index (χ4n) is 2.02. The number of rotatable bonds is 4. The zero-order valence-electron chi connectivity index (χ0n) is 10.1. The van der Waals surface area contributed by atoms with Gasteiger partial charge in [-0.15, -0.1) is 0 Å². The van der Waals surface area contributed by atoms with Gasteiger partial charge in [-0.1, -0.05) is 0 Å². The SMILES string of the molecule is COc1ccc(NC2CC(OC)C2)c(C)c1. The monoisotopic (exact) mass is 221 g/mol. The van der Waals surface area contributed by atoms with Crippen molar-refractivity contribution in [1.82, 2.24) is 0 Å². The highest BCUT2D eigenvalue weighted by Gasteiger charge is 2.28. The molecule has 0 radical (unpaired) electrons. The first-order valence-corrected chi connectivity index (χ1v) is 5.67. The summed E-state index contributed by atoms with van der Waals surface area (Å²) in [6, 6.07) is 6.67. The van der Waals surface area contributed by atoms with Gasteiger partial charge < -0.3 is 14.8 Å². The van der Waals surface area contributed by atoms with Crippen LogP contribution in [0.5, 0.6) is 5.75 Å². The van der Waals surface area contributed by atoms with E-state index in [9.17, 15) is 0 Å². The van der Waals surface area contributed by atoms with Crippen molar-refractivity contribution >= 4 is 5.69 Å². The Bertz CT molecular complexity index is 359. The van der Waals surface area contributed by atoms with Gasteiger partial charge in [-0.25, -0.2) is 0 Å². The molecule has 1 aromatic rings. The van der Waals surface area contributed by atoms with Crippen LogP contribution in [0.1, 0.15) is 18.4 Å². The van der Waals surface area contributed by atoms with Crippen LogP contribution in [0.4, 0.5) is 5.69 Å². The summed E-state index contributed by atoms with van der Waals surface area (Å²) < 4.78 is 10.4. The van der Waals surface area contributed by atoms with Crippen LogP contribution in [-0.2, 0) is 4.74 Å². The minimum atomic E-state index is 0.441. The van der Waals surface area contributed by atoms with Gasteiger partial charge in [-0.2, -0.15) is 0 Å². The van der Waals surface area contributed by atoms with E-state index in [0.29, 0.717) is 12.1 Å². The summed E-state index contributed by atoms with van der Waals surface area (Å²) in [7, 11) is 3.47. The molecule has 3 nitrogen and oxygen atoms in total. The quantitative estimate of drug-likeness (QED) is 0.847. The molecule has 0 saturated heterocycles. The standard InChI is InChI=1S/C13H19NO2/c1-9-6-11(15-2)4-5-13(9)14-10-7-12(8-10)16-3/h4-6,10,12,14H,7-8H2,1-3H3. The molecular formula is C13H19NO2. The molecule has 1 aliphatic carbocycles. The molecule has 1 aromatic carbocycles. The van der Waals surface area contributed by atoms with Crippen molar-refractivity contribution in [1.29, 1.82) is 0 Å². The highest BCUT2D eigenvalue weighted by Crippen LogP contribution is 2.28. The van der Waals surface area contributed by atoms with Crippen LogP contribution in [0.3, 0.4) is 0 Å². The molecule has 1 N–H and O–H groups in total. The third-order valence-electron chi connectivity index (χ3n) is 3.22. The second-order valence-electron chi connectivity index (χ2n) is 4.35. The molecule has 1 fully saturated rings. The fraction of sp³-hybridized carbons (Fsp3) is 0.538. The molecule has 0 atom stereocenters. The van der Waals surface area contributed by atoms with Crippen molar-refractivity contribution in [3.63, 3.8) is 0 Å². The largest absolute Gasteiger partial charge is 0.497 e. The number of benzene rings is 1. The van der Waals surface area contributed by atoms with Gasteiger partial charge in [0, 0.05) is 18.8 Å². The Hall–Kier alpha value is -1.22. The molecular weight excluding hydrogens is 202 g/mol. The maximum absolute atomic E-state index is 5.26. The Morgan fingerprint density at radius 2 is 2.00 bits per heavy atom. The summed E-state index contributed by atoms with van der Waals surface area (Å²) >= 11 is 0. The van der Waals surface area contributed by atoms with E-state index in [4.69, 9.17) is 9.47 Å². The van der Waals surface area contributed by atoms with Crippen LogP contribution in [-0.4, -0.2) is 26.4 Å². The lowest BCUT2D eigenvalue weighted by molar-refractivity contribution is 0.0328. The average molecular weight is 221 g/mol. The Morgan fingerprint density at radius 1 is 1.25 bits per heavy atom. The van der Waals surface area contributed by atoms with E-state index in [-0.39, 0.29) is 0 Å². The van der Waals surface area contributed by atoms with Crippen molar-refractivity contribution in [3.8, 4) is 5.75 Å². The molecule has 0 unspecified atom stereocenters. The number of methoxy groups -OCH3 is 2. The van der Waals surface area contributed by atoms with Crippen LogP contribution in [0.15, 0.2) is 18.2 Å². The topological polar surface area (TPSA) is 30.5 Å². The smallest absolute Gasteiger partial charge is 0.119 e. The summed E-state index contributed by atoms with van der Waals surface area (Å²) in [6.07, 6.45) is 2.64. The van der Waals surface area contributed by atoms with E-state index in [2.05, 4.69) is 24.4 Å². The maximum atomic E-state index is 5.26. The van der Waals surface area contributed by atoms with Gasteiger partial charge in [-0.3, -0.25) is 0 Å². The number of hydrogen-bond donors (Lipinski definition) is 1. The fourth-order valence-corrected chi connectivity index (χ4v) is 2.02. The minimum absolute atomic E-state index is 0.441. The first-order chi connectivity index (χ1) is 7.72. The molecule has 0 spiro atoms. The predicted molar refractivity (Wildman–Crippen MR) is 65.2 cm³/mol. The average Bonchev–Trinajstić information content (AvgIpc) is 2.24. The third-order valence-corrected chi connectivity index (χ3v) is 3.22. The summed E-state index contributed by atoms with van der Waals surface area (Å²) in [6.45, 7) is 2.09. The van der Waals surface area contributed by atoms with Crippen molar-refractivity contribution in [3.05, 3.63) is 23.8 Å². The van der Waals surface area contributed by atoms with Gasteiger partial charge in [0.05, 0.1) is 13.2 Å². The van der Waals surface area contributed by atoms with Crippen molar-refractivity contribution in [2.45, 2.75) is 31.9 Å². The van der Waals surface area contributed by atoms with Gasteiger partial charge in [0.1, 0.15) is 5.75 Å². The maximum Gasteiger partial charge on any atom is 0.119 e. The van der Waals surface area contributed by atoms with Gasteiger partial charge in [0.15, 0.2) is 0 Å². The third kappa shape index (κ3) is 2.30. The van der Waals surface area contributed by atoms with E-state index in [1.54, 1.807) is 14.2 Å². The molecule has 0 bridgehead atoms. The van der Waals surface area contributed by atoms with Crippen LogP contribution >= 0.6 is 0 Å². The number of nitrogens with one attached hydrogen (secondary N) is 1. The van der Waals surface area contributed by atoms with Crippen LogP contribution in [0, 0.1) is 6.92 Å². The molecule has 0 aromatic heterocycles. The molecule has 1 saturated carbocycles. The van der Waals surface area contributed by atoms with Gasteiger partial charge >= 0.3 is 0 Å².